The van der Waals surface area contributed by atoms with Gasteiger partial charge in [-0.05, 0) is 24.6 Å². The molecule has 20 heavy (non-hydrogen) atoms. The van der Waals surface area contributed by atoms with Crippen molar-refractivity contribution in [3.63, 3.8) is 0 Å². The van der Waals surface area contributed by atoms with Crippen molar-refractivity contribution >= 4 is 16.6 Å². The Labute approximate surface area is 114 Å². The minimum absolute atomic E-state index is 0.0352. The molecule has 0 aliphatic heterocycles. The largest absolute Gasteiger partial charge is 0.398 e. The number of rotatable bonds is 1. The zero-order valence-corrected chi connectivity index (χ0v) is 10.8. The van der Waals surface area contributed by atoms with Crippen molar-refractivity contribution in [2.75, 3.05) is 5.73 Å². The van der Waals surface area contributed by atoms with Crippen LogP contribution in [0.5, 0.6) is 0 Å². The fourth-order valence-corrected chi connectivity index (χ4v) is 2.29. The summed E-state index contributed by atoms with van der Waals surface area (Å²) in [6, 6.07) is 11.4. The summed E-state index contributed by atoms with van der Waals surface area (Å²) in [5.41, 5.74) is 8.21. The first kappa shape index (κ1) is 12.5. The van der Waals surface area contributed by atoms with Crippen molar-refractivity contribution in [2.45, 2.75) is 6.92 Å². The predicted molar refractivity (Wildman–Crippen MR) is 76.2 cm³/mol. The lowest BCUT2D eigenvalue weighted by atomic mass is 10.0. The number of hydrogen-bond donors (Lipinski definition) is 1. The van der Waals surface area contributed by atoms with E-state index in [4.69, 9.17) is 5.73 Å². The lowest BCUT2D eigenvalue weighted by Gasteiger charge is -2.12. The molecule has 2 aromatic carbocycles. The number of nitrogens with zero attached hydrogens (tertiary/aromatic N) is 1. The van der Waals surface area contributed by atoms with Gasteiger partial charge in [-0.3, -0.25) is 0 Å². The summed E-state index contributed by atoms with van der Waals surface area (Å²) < 4.78 is 27.7. The normalized spacial score (nSPS) is 10.9. The third-order valence-corrected chi connectivity index (χ3v) is 3.38. The van der Waals surface area contributed by atoms with Gasteiger partial charge in [-0.15, -0.1) is 0 Å². The number of aromatic nitrogens is 1. The molecule has 2 nitrogen and oxygen atoms in total. The molecule has 0 radical (unpaired) electrons. The smallest absolute Gasteiger partial charge is 0.149 e. The highest BCUT2D eigenvalue weighted by Crippen LogP contribution is 2.33. The number of pyridine rings is 1. The van der Waals surface area contributed by atoms with Crippen LogP contribution in [0, 0.1) is 18.6 Å². The van der Waals surface area contributed by atoms with Gasteiger partial charge in [0.1, 0.15) is 17.2 Å². The van der Waals surface area contributed by atoms with Gasteiger partial charge in [0.2, 0.25) is 0 Å². The minimum atomic E-state index is -0.578. The second kappa shape index (κ2) is 4.56. The third-order valence-electron chi connectivity index (χ3n) is 3.38. The van der Waals surface area contributed by atoms with Crippen LogP contribution >= 0.6 is 0 Å². The van der Waals surface area contributed by atoms with Crippen molar-refractivity contribution in [3.8, 4) is 11.3 Å². The van der Waals surface area contributed by atoms with E-state index in [9.17, 15) is 8.78 Å². The van der Waals surface area contributed by atoms with Crippen LogP contribution in [0.3, 0.4) is 0 Å². The molecule has 0 spiro atoms. The molecule has 0 aliphatic carbocycles. The fraction of sp³-hybridized carbons (Fsp3) is 0.0625. The van der Waals surface area contributed by atoms with Gasteiger partial charge < -0.3 is 5.73 Å². The molecule has 0 atom stereocenters. The first-order valence-corrected chi connectivity index (χ1v) is 6.19. The molecule has 0 aliphatic rings. The Kier molecular flexibility index (Phi) is 2.86. The van der Waals surface area contributed by atoms with Crippen molar-refractivity contribution in [1.82, 2.24) is 4.98 Å². The molecule has 0 bridgehead atoms. The Balaban J connectivity index is 2.42. The standard InChI is InChI=1S/C16H12F2N2/c1-9-14(19)13-11(17)7-8-12(18)16(13)20-15(9)10-5-3-2-4-6-10/h2-8H,1H3,(H2,19,20). The van der Waals surface area contributed by atoms with Gasteiger partial charge in [0.15, 0.2) is 0 Å². The molecule has 3 aromatic rings. The Bertz CT molecular complexity index is 799. The van der Waals surface area contributed by atoms with E-state index in [1.165, 1.54) is 0 Å². The molecule has 100 valence electrons. The molecular formula is C16H12F2N2. The van der Waals surface area contributed by atoms with Crippen LogP contribution in [-0.2, 0) is 0 Å². The zero-order valence-electron chi connectivity index (χ0n) is 10.8. The molecular weight excluding hydrogens is 258 g/mol. The van der Waals surface area contributed by atoms with E-state index in [0.29, 0.717) is 11.3 Å². The number of halogens is 2. The number of benzene rings is 2. The molecule has 4 heteroatoms. The number of anilines is 1. The molecule has 1 heterocycles. The highest BCUT2D eigenvalue weighted by atomic mass is 19.1. The quantitative estimate of drug-likeness (QED) is 0.724. The van der Waals surface area contributed by atoms with Crippen LogP contribution in [0.25, 0.3) is 22.2 Å². The zero-order chi connectivity index (χ0) is 14.3. The van der Waals surface area contributed by atoms with Crippen molar-refractivity contribution in [3.05, 3.63) is 59.7 Å². The summed E-state index contributed by atoms with van der Waals surface area (Å²) >= 11 is 0. The summed E-state index contributed by atoms with van der Waals surface area (Å²) in [4.78, 5) is 4.27. The third kappa shape index (κ3) is 1.81. The Morgan fingerprint density at radius 1 is 0.950 bits per heavy atom. The summed E-state index contributed by atoms with van der Waals surface area (Å²) in [5, 5.41) is 0.0437. The van der Waals surface area contributed by atoms with Crippen molar-refractivity contribution < 1.29 is 8.78 Å². The van der Waals surface area contributed by atoms with E-state index in [2.05, 4.69) is 4.98 Å². The highest BCUT2D eigenvalue weighted by Gasteiger charge is 2.16. The summed E-state index contributed by atoms with van der Waals surface area (Å²) in [6.45, 7) is 1.76. The molecule has 0 amide bonds. The van der Waals surface area contributed by atoms with Crippen LogP contribution in [0.4, 0.5) is 14.5 Å². The first-order valence-electron chi connectivity index (χ1n) is 6.19. The Hall–Kier alpha value is -2.49. The van der Waals surface area contributed by atoms with Gasteiger partial charge in [-0.1, -0.05) is 30.3 Å². The molecule has 0 saturated carbocycles. The minimum Gasteiger partial charge on any atom is -0.398 e. The molecule has 2 N–H and O–H groups in total. The average Bonchev–Trinajstić information content (AvgIpc) is 2.47. The van der Waals surface area contributed by atoms with Crippen LogP contribution in [0.2, 0.25) is 0 Å². The maximum Gasteiger partial charge on any atom is 0.149 e. The van der Waals surface area contributed by atoms with E-state index in [1.807, 2.05) is 30.3 Å². The average molecular weight is 270 g/mol. The number of hydrogen-bond acceptors (Lipinski definition) is 2. The second-order valence-corrected chi connectivity index (χ2v) is 4.62. The van der Waals surface area contributed by atoms with E-state index in [-0.39, 0.29) is 16.6 Å². The Morgan fingerprint density at radius 2 is 1.60 bits per heavy atom. The summed E-state index contributed by atoms with van der Waals surface area (Å²) in [6.07, 6.45) is 0. The molecule has 0 fully saturated rings. The molecule has 0 unspecified atom stereocenters. The predicted octanol–water partition coefficient (Wildman–Crippen LogP) is 4.07. The maximum absolute atomic E-state index is 13.9. The first-order chi connectivity index (χ1) is 9.59. The van der Waals surface area contributed by atoms with Crippen LogP contribution in [0.15, 0.2) is 42.5 Å². The van der Waals surface area contributed by atoms with Gasteiger partial charge in [0, 0.05) is 11.3 Å². The van der Waals surface area contributed by atoms with Gasteiger partial charge in [-0.2, -0.15) is 0 Å². The molecule has 3 rings (SSSR count). The molecule has 1 aromatic heterocycles. The van der Waals surface area contributed by atoms with Crippen molar-refractivity contribution in [2.24, 2.45) is 0 Å². The lowest BCUT2D eigenvalue weighted by Crippen LogP contribution is -2.01. The van der Waals surface area contributed by atoms with Crippen molar-refractivity contribution in [1.29, 1.82) is 0 Å². The van der Waals surface area contributed by atoms with Crippen LogP contribution < -0.4 is 5.73 Å². The van der Waals surface area contributed by atoms with Gasteiger partial charge in [0.25, 0.3) is 0 Å². The monoisotopic (exact) mass is 270 g/mol. The summed E-state index contributed by atoms with van der Waals surface area (Å²) in [5.74, 6) is -1.14. The fourth-order valence-electron chi connectivity index (χ4n) is 2.29. The topological polar surface area (TPSA) is 38.9 Å². The van der Waals surface area contributed by atoms with E-state index >= 15 is 0 Å². The van der Waals surface area contributed by atoms with E-state index < -0.39 is 11.6 Å². The highest BCUT2D eigenvalue weighted by molar-refractivity contribution is 5.95. The molecule has 0 saturated heterocycles. The SMILES string of the molecule is Cc1c(-c2ccccc2)nc2c(F)ccc(F)c2c1N. The van der Waals surface area contributed by atoms with Crippen LogP contribution in [0.1, 0.15) is 5.56 Å². The number of nitrogens with two attached hydrogens (primary N) is 1. The van der Waals surface area contributed by atoms with Crippen LogP contribution in [-0.4, -0.2) is 4.98 Å². The second-order valence-electron chi connectivity index (χ2n) is 4.62. The number of nitrogen functional groups attached to an aromatic ring is 1. The van der Waals surface area contributed by atoms with Gasteiger partial charge in [-0.25, -0.2) is 13.8 Å². The lowest BCUT2D eigenvalue weighted by molar-refractivity contribution is 0.615. The Morgan fingerprint density at radius 3 is 2.30 bits per heavy atom. The number of fused-ring (bicyclic) bond motifs is 1. The van der Waals surface area contributed by atoms with E-state index in [0.717, 1.165) is 17.7 Å². The van der Waals surface area contributed by atoms with E-state index in [1.54, 1.807) is 6.92 Å². The van der Waals surface area contributed by atoms with Gasteiger partial charge in [0.05, 0.1) is 11.1 Å². The summed E-state index contributed by atoms with van der Waals surface area (Å²) in [7, 11) is 0. The van der Waals surface area contributed by atoms with Gasteiger partial charge >= 0.3 is 0 Å². The maximum atomic E-state index is 13.9.